The highest BCUT2D eigenvalue weighted by atomic mass is 19.4. The molecular weight excluding hydrogens is 369 g/mol. The van der Waals surface area contributed by atoms with Crippen LogP contribution in [0.25, 0.3) is 11.4 Å². The molecule has 0 aliphatic carbocycles. The van der Waals surface area contributed by atoms with Gasteiger partial charge in [-0.15, -0.1) is 0 Å². The van der Waals surface area contributed by atoms with Crippen LogP contribution in [-0.4, -0.2) is 26.6 Å². The molecule has 1 unspecified atom stereocenters. The number of alkyl halides is 3. The standard InChI is InChI=1S/C20H19F3N4O/c1-19(28,15-5-3-2-4-6-15)9-12-25-17-13-16(20(21,22)23)26-18(27-17)14-7-10-24-11-8-14/h2-8,10-11,13,28H,9,12H2,1H3,(H,25,26,27). The minimum atomic E-state index is -4.60. The van der Waals surface area contributed by atoms with Gasteiger partial charge in [0.05, 0.1) is 5.60 Å². The lowest BCUT2D eigenvalue weighted by molar-refractivity contribution is -0.141. The molecule has 0 saturated carbocycles. The Morgan fingerprint density at radius 1 is 1.00 bits per heavy atom. The molecule has 1 aromatic carbocycles. The average Bonchev–Trinajstić information content (AvgIpc) is 2.68. The number of anilines is 1. The number of aromatic nitrogens is 3. The Morgan fingerprint density at radius 2 is 1.68 bits per heavy atom. The van der Waals surface area contributed by atoms with Gasteiger partial charge in [0.15, 0.2) is 11.5 Å². The van der Waals surface area contributed by atoms with Crippen LogP contribution in [0.2, 0.25) is 0 Å². The molecule has 0 spiro atoms. The van der Waals surface area contributed by atoms with E-state index in [2.05, 4.69) is 20.3 Å². The molecule has 3 rings (SSSR count). The molecule has 0 radical (unpaired) electrons. The van der Waals surface area contributed by atoms with Crippen LogP contribution in [0, 0.1) is 0 Å². The summed E-state index contributed by atoms with van der Waals surface area (Å²) >= 11 is 0. The van der Waals surface area contributed by atoms with Crippen LogP contribution in [0.3, 0.4) is 0 Å². The predicted octanol–water partition coefficient (Wildman–Crippen LogP) is 4.27. The smallest absolute Gasteiger partial charge is 0.385 e. The Hall–Kier alpha value is -3.00. The van der Waals surface area contributed by atoms with Gasteiger partial charge in [-0.2, -0.15) is 13.2 Å². The first-order valence-corrected chi connectivity index (χ1v) is 8.64. The molecule has 8 heteroatoms. The maximum absolute atomic E-state index is 13.2. The average molecular weight is 388 g/mol. The summed E-state index contributed by atoms with van der Waals surface area (Å²) < 4.78 is 39.7. The molecule has 0 amide bonds. The Bertz CT molecular complexity index is 916. The van der Waals surface area contributed by atoms with Gasteiger partial charge in [-0.05, 0) is 31.0 Å². The molecule has 0 aliphatic heterocycles. The van der Waals surface area contributed by atoms with E-state index < -0.39 is 17.5 Å². The second kappa shape index (κ2) is 7.93. The highest BCUT2D eigenvalue weighted by Gasteiger charge is 2.34. The van der Waals surface area contributed by atoms with Crippen LogP contribution < -0.4 is 5.32 Å². The summed E-state index contributed by atoms with van der Waals surface area (Å²) in [4.78, 5) is 11.7. The fraction of sp³-hybridized carbons (Fsp3) is 0.250. The fourth-order valence-electron chi connectivity index (χ4n) is 2.69. The zero-order valence-corrected chi connectivity index (χ0v) is 15.1. The van der Waals surface area contributed by atoms with Crippen molar-refractivity contribution in [3.05, 3.63) is 72.2 Å². The minimum absolute atomic E-state index is 0.0398. The monoisotopic (exact) mass is 388 g/mol. The molecule has 2 N–H and O–H groups in total. The number of pyridine rings is 1. The maximum atomic E-state index is 13.2. The lowest BCUT2D eigenvalue weighted by Gasteiger charge is -2.24. The lowest BCUT2D eigenvalue weighted by Crippen LogP contribution is -2.25. The van der Waals surface area contributed by atoms with E-state index in [-0.39, 0.29) is 24.6 Å². The predicted molar refractivity (Wildman–Crippen MR) is 99.4 cm³/mol. The van der Waals surface area contributed by atoms with Crippen LogP contribution in [0.15, 0.2) is 60.9 Å². The van der Waals surface area contributed by atoms with Gasteiger partial charge in [0.2, 0.25) is 0 Å². The molecule has 28 heavy (non-hydrogen) atoms. The SMILES string of the molecule is CC(O)(CCNc1cc(C(F)(F)F)nc(-c2ccncc2)n1)c1ccccc1. The molecule has 146 valence electrons. The van der Waals surface area contributed by atoms with E-state index in [4.69, 9.17) is 0 Å². The Morgan fingerprint density at radius 3 is 2.32 bits per heavy atom. The molecule has 0 aliphatic rings. The highest BCUT2D eigenvalue weighted by molar-refractivity contribution is 5.57. The third kappa shape index (κ3) is 4.83. The van der Waals surface area contributed by atoms with Crippen molar-refractivity contribution in [2.75, 3.05) is 11.9 Å². The van der Waals surface area contributed by atoms with E-state index in [0.717, 1.165) is 11.6 Å². The van der Waals surface area contributed by atoms with Gasteiger partial charge in [-0.25, -0.2) is 9.97 Å². The first-order valence-electron chi connectivity index (χ1n) is 8.64. The van der Waals surface area contributed by atoms with Crippen molar-refractivity contribution in [2.45, 2.75) is 25.1 Å². The normalized spacial score (nSPS) is 13.8. The summed E-state index contributed by atoms with van der Waals surface area (Å²) in [5, 5.41) is 13.5. The largest absolute Gasteiger partial charge is 0.433 e. The number of hydrogen-bond donors (Lipinski definition) is 2. The summed E-state index contributed by atoms with van der Waals surface area (Å²) in [7, 11) is 0. The van der Waals surface area contributed by atoms with Crippen LogP contribution in [0.5, 0.6) is 0 Å². The molecule has 3 aromatic rings. The molecule has 0 bridgehead atoms. The van der Waals surface area contributed by atoms with Gasteiger partial charge in [-0.3, -0.25) is 4.98 Å². The van der Waals surface area contributed by atoms with Gasteiger partial charge >= 0.3 is 6.18 Å². The fourth-order valence-corrected chi connectivity index (χ4v) is 2.69. The van der Waals surface area contributed by atoms with Crippen LogP contribution in [0.1, 0.15) is 24.6 Å². The second-order valence-corrected chi connectivity index (χ2v) is 6.51. The lowest BCUT2D eigenvalue weighted by atomic mass is 9.93. The summed E-state index contributed by atoms with van der Waals surface area (Å²) in [6, 6.07) is 13.0. The molecule has 2 aromatic heterocycles. The number of halogens is 3. The van der Waals surface area contributed by atoms with Gasteiger partial charge in [0.25, 0.3) is 0 Å². The summed E-state index contributed by atoms with van der Waals surface area (Å²) in [6.45, 7) is 1.89. The summed E-state index contributed by atoms with van der Waals surface area (Å²) in [5.74, 6) is -0.00690. The van der Waals surface area contributed by atoms with E-state index in [1.807, 2.05) is 18.2 Å². The Balaban J connectivity index is 1.80. The second-order valence-electron chi connectivity index (χ2n) is 6.51. The number of benzene rings is 1. The van der Waals surface area contributed by atoms with E-state index >= 15 is 0 Å². The topological polar surface area (TPSA) is 70.9 Å². The third-order valence-electron chi connectivity index (χ3n) is 4.27. The van der Waals surface area contributed by atoms with Crippen LogP contribution in [0.4, 0.5) is 19.0 Å². The highest BCUT2D eigenvalue weighted by Crippen LogP contribution is 2.31. The van der Waals surface area contributed by atoms with Crippen molar-refractivity contribution < 1.29 is 18.3 Å². The van der Waals surface area contributed by atoms with Crippen molar-refractivity contribution in [1.29, 1.82) is 0 Å². The molecular formula is C20H19F3N4O. The molecule has 5 nitrogen and oxygen atoms in total. The molecule has 2 heterocycles. The molecule has 0 fully saturated rings. The third-order valence-corrected chi connectivity index (χ3v) is 4.27. The van der Waals surface area contributed by atoms with Crippen LogP contribution >= 0.6 is 0 Å². The number of aliphatic hydroxyl groups is 1. The van der Waals surface area contributed by atoms with Crippen molar-refractivity contribution in [3.8, 4) is 11.4 Å². The minimum Gasteiger partial charge on any atom is -0.385 e. The van der Waals surface area contributed by atoms with E-state index in [1.165, 1.54) is 12.4 Å². The van der Waals surface area contributed by atoms with Gasteiger partial charge < -0.3 is 10.4 Å². The first kappa shape index (κ1) is 19.8. The Labute approximate surface area is 160 Å². The van der Waals surface area contributed by atoms with Gasteiger partial charge in [-0.1, -0.05) is 30.3 Å². The molecule has 1 atom stereocenters. The van der Waals surface area contributed by atoms with Crippen LogP contribution in [-0.2, 0) is 11.8 Å². The number of rotatable bonds is 6. The zero-order chi connectivity index (χ0) is 20.2. The maximum Gasteiger partial charge on any atom is 0.433 e. The number of nitrogens with zero attached hydrogens (tertiary/aromatic N) is 3. The number of hydrogen-bond acceptors (Lipinski definition) is 5. The van der Waals surface area contributed by atoms with E-state index in [0.29, 0.717) is 5.56 Å². The van der Waals surface area contributed by atoms with E-state index in [1.54, 1.807) is 31.2 Å². The summed E-state index contributed by atoms with van der Waals surface area (Å²) in [6.07, 6.45) is -1.39. The van der Waals surface area contributed by atoms with Crippen molar-refractivity contribution in [1.82, 2.24) is 15.0 Å². The van der Waals surface area contributed by atoms with Crippen molar-refractivity contribution in [2.24, 2.45) is 0 Å². The quantitative estimate of drug-likeness (QED) is 0.660. The molecule has 0 saturated heterocycles. The Kier molecular flexibility index (Phi) is 5.60. The van der Waals surface area contributed by atoms with Crippen molar-refractivity contribution >= 4 is 5.82 Å². The van der Waals surface area contributed by atoms with Crippen molar-refractivity contribution in [3.63, 3.8) is 0 Å². The van der Waals surface area contributed by atoms with Gasteiger partial charge in [0, 0.05) is 30.6 Å². The first-order chi connectivity index (χ1) is 13.3. The number of nitrogens with one attached hydrogen (secondary N) is 1. The summed E-state index contributed by atoms with van der Waals surface area (Å²) in [5.41, 5.74) is -0.998. The van der Waals surface area contributed by atoms with E-state index in [9.17, 15) is 18.3 Å². The zero-order valence-electron chi connectivity index (χ0n) is 15.1. The van der Waals surface area contributed by atoms with Gasteiger partial charge in [0.1, 0.15) is 5.82 Å².